The summed E-state index contributed by atoms with van der Waals surface area (Å²) in [6.45, 7) is 3.98. The van der Waals surface area contributed by atoms with E-state index in [1.165, 1.54) is 5.56 Å². The fourth-order valence-electron chi connectivity index (χ4n) is 3.74. The van der Waals surface area contributed by atoms with Crippen LogP contribution in [0.5, 0.6) is 11.5 Å². The van der Waals surface area contributed by atoms with Crippen molar-refractivity contribution >= 4 is 5.91 Å². The van der Waals surface area contributed by atoms with Crippen molar-refractivity contribution in [1.82, 2.24) is 9.88 Å². The Morgan fingerprint density at radius 1 is 1.12 bits per heavy atom. The number of pyridine rings is 1. The molecule has 1 amide bonds. The number of likely N-dealkylation sites (tertiary alicyclic amines) is 1. The quantitative estimate of drug-likeness (QED) is 0.859. The Morgan fingerprint density at radius 3 is 2.76 bits per heavy atom. The highest BCUT2D eigenvalue weighted by Crippen LogP contribution is 2.38. The van der Waals surface area contributed by atoms with Crippen LogP contribution in [0.1, 0.15) is 30.9 Å². The standard InChI is InChI=1S/C20H22N2O3/c1-20(11-16-2-3-17-18(10-16)25-14-24-17)7-4-19(23)22(13-20)12-15-5-8-21-9-6-15/h2-3,5-6,8-10H,4,7,11-14H2,1H3/t20-/m0/s1. The van der Waals surface area contributed by atoms with E-state index in [2.05, 4.69) is 24.0 Å². The molecule has 5 heteroatoms. The lowest BCUT2D eigenvalue weighted by molar-refractivity contribution is -0.137. The number of hydrogen-bond acceptors (Lipinski definition) is 4. The lowest BCUT2D eigenvalue weighted by Crippen LogP contribution is -2.45. The van der Waals surface area contributed by atoms with Crippen molar-refractivity contribution in [2.75, 3.05) is 13.3 Å². The monoisotopic (exact) mass is 338 g/mol. The van der Waals surface area contributed by atoms with Crippen LogP contribution in [0.25, 0.3) is 0 Å². The van der Waals surface area contributed by atoms with E-state index in [0.29, 0.717) is 19.8 Å². The fraction of sp³-hybridized carbons (Fsp3) is 0.400. The second-order valence-corrected chi connectivity index (χ2v) is 7.28. The highest BCUT2D eigenvalue weighted by atomic mass is 16.7. The predicted octanol–water partition coefficient (Wildman–Crippen LogP) is 3.18. The molecule has 130 valence electrons. The molecule has 0 unspecified atom stereocenters. The number of aromatic nitrogens is 1. The zero-order chi connectivity index (χ0) is 17.3. The first-order valence-corrected chi connectivity index (χ1v) is 8.67. The Labute approximate surface area is 147 Å². The van der Waals surface area contributed by atoms with Crippen molar-refractivity contribution in [2.24, 2.45) is 5.41 Å². The van der Waals surface area contributed by atoms with Crippen molar-refractivity contribution in [3.8, 4) is 11.5 Å². The van der Waals surface area contributed by atoms with Gasteiger partial charge in [-0.25, -0.2) is 0 Å². The Kier molecular flexibility index (Phi) is 4.07. The summed E-state index contributed by atoms with van der Waals surface area (Å²) in [5.41, 5.74) is 2.41. The molecular formula is C20H22N2O3. The van der Waals surface area contributed by atoms with E-state index in [-0.39, 0.29) is 11.3 Å². The molecule has 0 saturated carbocycles. The summed E-state index contributed by atoms with van der Waals surface area (Å²) in [7, 11) is 0. The summed E-state index contributed by atoms with van der Waals surface area (Å²) >= 11 is 0. The zero-order valence-electron chi connectivity index (χ0n) is 14.4. The first kappa shape index (κ1) is 15.9. The van der Waals surface area contributed by atoms with Gasteiger partial charge in [0.15, 0.2) is 11.5 Å². The van der Waals surface area contributed by atoms with Gasteiger partial charge in [0.2, 0.25) is 12.7 Å². The molecule has 1 saturated heterocycles. The van der Waals surface area contributed by atoms with Crippen molar-refractivity contribution in [3.63, 3.8) is 0 Å². The van der Waals surface area contributed by atoms with E-state index < -0.39 is 0 Å². The molecule has 25 heavy (non-hydrogen) atoms. The molecule has 0 spiro atoms. The van der Waals surface area contributed by atoms with Crippen LogP contribution in [0.15, 0.2) is 42.7 Å². The Bertz CT molecular complexity index is 778. The van der Waals surface area contributed by atoms with Gasteiger partial charge in [0.05, 0.1) is 0 Å². The van der Waals surface area contributed by atoms with Gasteiger partial charge in [0, 0.05) is 31.9 Å². The molecule has 1 fully saturated rings. The molecule has 2 aromatic rings. The highest BCUT2D eigenvalue weighted by molar-refractivity contribution is 5.77. The van der Waals surface area contributed by atoms with Crippen LogP contribution in [0.3, 0.4) is 0 Å². The molecule has 1 atom stereocenters. The van der Waals surface area contributed by atoms with Crippen LogP contribution in [-0.4, -0.2) is 29.1 Å². The van der Waals surface area contributed by atoms with Gasteiger partial charge < -0.3 is 14.4 Å². The van der Waals surface area contributed by atoms with E-state index >= 15 is 0 Å². The van der Waals surface area contributed by atoms with Crippen LogP contribution < -0.4 is 9.47 Å². The van der Waals surface area contributed by atoms with Crippen molar-refractivity contribution in [3.05, 3.63) is 53.9 Å². The van der Waals surface area contributed by atoms with Gasteiger partial charge in [-0.15, -0.1) is 0 Å². The van der Waals surface area contributed by atoms with Gasteiger partial charge in [0.25, 0.3) is 0 Å². The first-order valence-electron chi connectivity index (χ1n) is 8.67. The zero-order valence-corrected chi connectivity index (χ0v) is 14.4. The van der Waals surface area contributed by atoms with E-state index in [4.69, 9.17) is 9.47 Å². The molecular weight excluding hydrogens is 316 g/mol. The Morgan fingerprint density at radius 2 is 1.92 bits per heavy atom. The van der Waals surface area contributed by atoms with Crippen LogP contribution in [0.2, 0.25) is 0 Å². The summed E-state index contributed by atoms with van der Waals surface area (Å²) in [5, 5.41) is 0. The van der Waals surface area contributed by atoms with Crippen LogP contribution in [0.4, 0.5) is 0 Å². The van der Waals surface area contributed by atoms with E-state index in [0.717, 1.165) is 36.4 Å². The molecule has 0 N–H and O–H groups in total. The number of piperidine rings is 1. The number of nitrogens with zero attached hydrogens (tertiary/aromatic N) is 2. The predicted molar refractivity (Wildman–Crippen MR) is 93.3 cm³/mol. The van der Waals surface area contributed by atoms with E-state index in [1.54, 1.807) is 12.4 Å². The fourth-order valence-corrected chi connectivity index (χ4v) is 3.74. The van der Waals surface area contributed by atoms with Gasteiger partial charge in [-0.3, -0.25) is 9.78 Å². The number of amides is 1. The van der Waals surface area contributed by atoms with Gasteiger partial charge in [-0.1, -0.05) is 13.0 Å². The summed E-state index contributed by atoms with van der Waals surface area (Å²) in [6.07, 6.45) is 5.98. The van der Waals surface area contributed by atoms with Crippen molar-refractivity contribution < 1.29 is 14.3 Å². The average molecular weight is 338 g/mol. The van der Waals surface area contributed by atoms with Gasteiger partial charge >= 0.3 is 0 Å². The molecule has 0 aliphatic carbocycles. The SMILES string of the molecule is C[C@@]1(Cc2ccc3c(c2)OCO3)CCC(=O)N(Cc2ccncc2)C1. The normalized spacial score (nSPS) is 22.3. The minimum Gasteiger partial charge on any atom is -0.454 e. The second kappa shape index (κ2) is 6.39. The lowest BCUT2D eigenvalue weighted by Gasteiger charge is -2.40. The van der Waals surface area contributed by atoms with Crippen molar-refractivity contribution in [2.45, 2.75) is 32.7 Å². The van der Waals surface area contributed by atoms with Crippen LogP contribution in [-0.2, 0) is 17.8 Å². The largest absolute Gasteiger partial charge is 0.454 e. The molecule has 2 aliphatic heterocycles. The molecule has 4 rings (SSSR count). The van der Waals surface area contributed by atoms with Crippen LogP contribution >= 0.6 is 0 Å². The number of ether oxygens (including phenoxy) is 2. The van der Waals surface area contributed by atoms with E-state index in [9.17, 15) is 4.79 Å². The highest BCUT2D eigenvalue weighted by Gasteiger charge is 2.35. The van der Waals surface area contributed by atoms with E-state index in [1.807, 2.05) is 23.1 Å². The van der Waals surface area contributed by atoms with Gasteiger partial charge in [-0.05, 0) is 53.6 Å². The number of fused-ring (bicyclic) bond motifs is 1. The first-order chi connectivity index (χ1) is 12.1. The van der Waals surface area contributed by atoms with Crippen molar-refractivity contribution in [1.29, 1.82) is 0 Å². The third-order valence-electron chi connectivity index (χ3n) is 5.06. The van der Waals surface area contributed by atoms with Crippen LogP contribution in [0, 0.1) is 5.41 Å². The lowest BCUT2D eigenvalue weighted by atomic mass is 9.76. The molecule has 1 aromatic carbocycles. The maximum Gasteiger partial charge on any atom is 0.231 e. The molecule has 2 aliphatic rings. The topological polar surface area (TPSA) is 51.7 Å². The number of carbonyl (C=O) groups is 1. The molecule has 0 bridgehead atoms. The average Bonchev–Trinajstić information content (AvgIpc) is 3.07. The molecule has 1 aromatic heterocycles. The number of carbonyl (C=O) groups excluding carboxylic acids is 1. The summed E-state index contributed by atoms with van der Waals surface area (Å²) < 4.78 is 10.9. The number of hydrogen-bond donors (Lipinski definition) is 0. The van der Waals surface area contributed by atoms with Gasteiger partial charge in [0.1, 0.15) is 0 Å². The minimum absolute atomic E-state index is 0.0641. The smallest absolute Gasteiger partial charge is 0.231 e. The van der Waals surface area contributed by atoms with Gasteiger partial charge in [-0.2, -0.15) is 0 Å². The third-order valence-corrected chi connectivity index (χ3v) is 5.06. The molecule has 5 nitrogen and oxygen atoms in total. The maximum absolute atomic E-state index is 12.4. The second-order valence-electron chi connectivity index (χ2n) is 7.28. The summed E-state index contributed by atoms with van der Waals surface area (Å²) in [4.78, 5) is 18.4. The molecule has 0 radical (unpaired) electrons. The Balaban J connectivity index is 1.48. The maximum atomic E-state index is 12.4. The number of rotatable bonds is 4. The summed E-state index contributed by atoms with van der Waals surface area (Å²) in [6, 6.07) is 10.1. The summed E-state index contributed by atoms with van der Waals surface area (Å²) in [5.74, 6) is 1.87. The number of benzene rings is 1. The Hall–Kier alpha value is -2.56. The minimum atomic E-state index is 0.0641. The molecule has 3 heterocycles. The third kappa shape index (κ3) is 3.45.